The zero-order valence-electron chi connectivity index (χ0n) is 15.8. The van der Waals surface area contributed by atoms with Crippen LogP contribution in [-0.4, -0.2) is 35.8 Å². The summed E-state index contributed by atoms with van der Waals surface area (Å²) in [5.41, 5.74) is 6.89. The van der Waals surface area contributed by atoms with Gasteiger partial charge in [0.1, 0.15) is 0 Å². The molecular weight excluding hydrogens is 374 g/mol. The average Bonchev–Trinajstić information content (AvgIpc) is 2.95. The first-order chi connectivity index (χ1) is 13.5. The van der Waals surface area contributed by atoms with Crippen LogP contribution < -0.4 is 10.9 Å². The molecule has 0 aromatic heterocycles. The molecular formula is C22H24ClN3O2. The van der Waals surface area contributed by atoms with Crippen LogP contribution in [0.3, 0.4) is 0 Å². The minimum Gasteiger partial charge on any atom is -0.300 e. The molecule has 0 saturated carbocycles. The number of benzene rings is 2. The first kappa shape index (κ1) is 19.0. The van der Waals surface area contributed by atoms with E-state index >= 15 is 0 Å². The van der Waals surface area contributed by atoms with E-state index in [9.17, 15) is 9.59 Å². The standard InChI is InChI=1S/C22H24ClN3O2/c1-26-17-11-12-19(26)20(18(13-17)14-7-9-16(23)10-8-14)22(28)25-24-21(27)15-5-3-2-4-6-15/h2-10,17-20H,11-13H2,1H3,(H,24,27)(H,25,28)/t17-,18+,19+,20-/m0/s1. The first-order valence-electron chi connectivity index (χ1n) is 9.67. The van der Waals surface area contributed by atoms with Gasteiger partial charge in [0.25, 0.3) is 5.91 Å². The summed E-state index contributed by atoms with van der Waals surface area (Å²) in [6, 6.07) is 17.3. The van der Waals surface area contributed by atoms with E-state index in [1.54, 1.807) is 24.3 Å². The van der Waals surface area contributed by atoms with Crippen LogP contribution in [0.5, 0.6) is 0 Å². The molecule has 0 radical (unpaired) electrons. The van der Waals surface area contributed by atoms with Crippen molar-refractivity contribution in [3.05, 3.63) is 70.7 Å². The minimum absolute atomic E-state index is 0.111. The molecule has 0 aliphatic carbocycles. The summed E-state index contributed by atoms with van der Waals surface area (Å²) in [7, 11) is 2.10. The molecule has 2 aliphatic heterocycles. The van der Waals surface area contributed by atoms with Crippen LogP contribution in [0, 0.1) is 5.92 Å². The minimum atomic E-state index is -0.314. The molecule has 2 aliphatic rings. The molecule has 2 saturated heterocycles. The second-order valence-corrected chi connectivity index (χ2v) is 8.13. The molecule has 4 rings (SSSR count). The number of hydrazine groups is 1. The monoisotopic (exact) mass is 397 g/mol. The van der Waals surface area contributed by atoms with Gasteiger partial charge in [-0.3, -0.25) is 25.3 Å². The van der Waals surface area contributed by atoms with Crippen molar-refractivity contribution in [1.29, 1.82) is 0 Å². The summed E-state index contributed by atoms with van der Waals surface area (Å²) in [5, 5.41) is 0.691. The predicted octanol–water partition coefficient (Wildman–Crippen LogP) is 3.37. The summed E-state index contributed by atoms with van der Waals surface area (Å²) in [5.74, 6) is -0.563. The summed E-state index contributed by atoms with van der Waals surface area (Å²) in [6.07, 6.45) is 3.03. The van der Waals surface area contributed by atoms with E-state index in [2.05, 4.69) is 22.8 Å². The number of hydrogen-bond acceptors (Lipinski definition) is 3. The fourth-order valence-corrected chi connectivity index (χ4v) is 4.87. The number of amides is 2. The molecule has 2 aromatic carbocycles. The van der Waals surface area contributed by atoms with E-state index in [4.69, 9.17) is 11.6 Å². The molecule has 2 aromatic rings. The SMILES string of the molecule is CN1[C@H]2CC[C@@H]1[C@@H](C(=O)NNC(=O)c1ccccc1)[C@@H](c1ccc(Cl)cc1)C2. The second kappa shape index (κ2) is 7.94. The van der Waals surface area contributed by atoms with Crippen LogP contribution in [0.1, 0.15) is 41.1 Å². The van der Waals surface area contributed by atoms with Crippen molar-refractivity contribution in [1.82, 2.24) is 15.8 Å². The van der Waals surface area contributed by atoms with Crippen LogP contribution in [0.4, 0.5) is 0 Å². The van der Waals surface area contributed by atoms with Gasteiger partial charge in [0, 0.05) is 22.7 Å². The lowest BCUT2D eigenvalue weighted by Gasteiger charge is -2.42. The molecule has 0 unspecified atom stereocenters. The van der Waals surface area contributed by atoms with Crippen LogP contribution in [0.25, 0.3) is 0 Å². The maximum atomic E-state index is 13.1. The van der Waals surface area contributed by atoms with Crippen molar-refractivity contribution in [3.8, 4) is 0 Å². The van der Waals surface area contributed by atoms with Gasteiger partial charge >= 0.3 is 0 Å². The molecule has 5 nitrogen and oxygen atoms in total. The lowest BCUT2D eigenvalue weighted by atomic mass is 9.76. The Morgan fingerprint density at radius 1 is 1.00 bits per heavy atom. The van der Waals surface area contributed by atoms with Crippen LogP contribution in [0.15, 0.2) is 54.6 Å². The normalized spacial score (nSPS) is 26.6. The zero-order valence-corrected chi connectivity index (χ0v) is 16.5. The van der Waals surface area contributed by atoms with Crippen LogP contribution in [-0.2, 0) is 4.79 Å². The van der Waals surface area contributed by atoms with E-state index in [1.165, 1.54) is 0 Å². The predicted molar refractivity (Wildman–Crippen MR) is 109 cm³/mol. The number of nitrogens with zero attached hydrogens (tertiary/aromatic N) is 1. The van der Waals surface area contributed by atoms with Gasteiger partial charge in [0.05, 0.1) is 5.92 Å². The Balaban J connectivity index is 1.52. The molecule has 0 spiro atoms. The highest BCUT2D eigenvalue weighted by atomic mass is 35.5. The average molecular weight is 398 g/mol. The van der Waals surface area contributed by atoms with E-state index in [0.717, 1.165) is 24.8 Å². The Bertz CT molecular complexity index is 856. The summed E-state index contributed by atoms with van der Waals surface area (Å²) < 4.78 is 0. The van der Waals surface area contributed by atoms with Gasteiger partial charge in [-0.15, -0.1) is 0 Å². The number of nitrogens with one attached hydrogen (secondary N) is 2. The highest BCUT2D eigenvalue weighted by Gasteiger charge is 2.49. The number of halogens is 1. The summed E-state index contributed by atoms with van der Waals surface area (Å²) in [6.45, 7) is 0. The number of carbonyl (C=O) groups excluding carboxylic acids is 2. The van der Waals surface area contributed by atoms with Gasteiger partial charge in [-0.1, -0.05) is 41.9 Å². The van der Waals surface area contributed by atoms with Crippen molar-refractivity contribution < 1.29 is 9.59 Å². The van der Waals surface area contributed by atoms with E-state index in [-0.39, 0.29) is 29.7 Å². The zero-order chi connectivity index (χ0) is 19.7. The Labute approximate surface area is 170 Å². The fraction of sp³-hybridized carbons (Fsp3) is 0.364. The quantitative estimate of drug-likeness (QED) is 0.780. The van der Waals surface area contributed by atoms with Gasteiger partial charge in [-0.05, 0) is 62.1 Å². The fourth-order valence-electron chi connectivity index (χ4n) is 4.74. The summed E-state index contributed by atoms with van der Waals surface area (Å²) >= 11 is 6.05. The molecule has 2 bridgehead atoms. The molecule has 2 fully saturated rings. The molecule has 6 heteroatoms. The first-order valence-corrected chi connectivity index (χ1v) is 10.0. The number of rotatable bonds is 3. The van der Waals surface area contributed by atoms with Gasteiger partial charge in [-0.2, -0.15) is 0 Å². The lowest BCUT2D eigenvalue weighted by Crippen LogP contribution is -2.54. The van der Waals surface area contributed by atoms with E-state index in [1.807, 2.05) is 30.3 Å². The van der Waals surface area contributed by atoms with Crippen molar-refractivity contribution in [3.63, 3.8) is 0 Å². The van der Waals surface area contributed by atoms with Gasteiger partial charge in [0.15, 0.2) is 0 Å². The molecule has 2 amide bonds. The molecule has 2 N–H and O–H groups in total. The highest BCUT2D eigenvalue weighted by Crippen LogP contribution is 2.46. The number of carbonyl (C=O) groups is 2. The Hall–Kier alpha value is -2.37. The molecule has 2 heterocycles. The van der Waals surface area contributed by atoms with Crippen molar-refractivity contribution in [2.24, 2.45) is 5.92 Å². The smallest absolute Gasteiger partial charge is 0.269 e. The van der Waals surface area contributed by atoms with E-state index < -0.39 is 0 Å². The maximum absolute atomic E-state index is 13.1. The van der Waals surface area contributed by atoms with E-state index in [0.29, 0.717) is 16.6 Å². The lowest BCUT2D eigenvalue weighted by molar-refractivity contribution is -0.130. The second-order valence-electron chi connectivity index (χ2n) is 7.69. The third kappa shape index (κ3) is 3.64. The third-order valence-electron chi connectivity index (χ3n) is 6.20. The molecule has 146 valence electrons. The molecule has 4 atom stereocenters. The third-order valence-corrected chi connectivity index (χ3v) is 6.46. The van der Waals surface area contributed by atoms with Gasteiger partial charge < -0.3 is 0 Å². The Morgan fingerprint density at radius 2 is 1.71 bits per heavy atom. The molecule has 28 heavy (non-hydrogen) atoms. The maximum Gasteiger partial charge on any atom is 0.269 e. The highest BCUT2D eigenvalue weighted by molar-refractivity contribution is 6.30. The summed E-state index contributed by atoms with van der Waals surface area (Å²) in [4.78, 5) is 27.8. The topological polar surface area (TPSA) is 61.4 Å². The van der Waals surface area contributed by atoms with Crippen LogP contribution in [0.2, 0.25) is 5.02 Å². The van der Waals surface area contributed by atoms with Crippen molar-refractivity contribution in [2.75, 3.05) is 7.05 Å². The number of hydrogen-bond donors (Lipinski definition) is 2. The Morgan fingerprint density at radius 3 is 2.43 bits per heavy atom. The van der Waals surface area contributed by atoms with Crippen molar-refractivity contribution in [2.45, 2.75) is 37.3 Å². The van der Waals surface area contributed by atoms with Gasteiger partial charge in [-0.25, -0.2) is 0 Å². The van der Waals surface area contributed by atoms with Crippen molar-refractivity contribution >= 4 is 23.4 Å². The number of fused-ring (bicyclic) bond motifs is 2. The van der Waals surface area contributed by atoms with Gasteiger partial charge in [0.2, 0.25) is 5.91 Å². The Kier molecular flexibility index (Phi) is 5.38. The van der Waals surface area contributed by atoms with Crippen LogP contribution >= 0.6 is 11.6 Å². The number of piperidine rings is 1. The largest absolute Gasteiger partial charge is 0.300 e.